The van der Waals surface area contributed by atoms with Gasteiger partial charge in [-0.25, -0.2) is 4.79 Å². The molecule has 0 radical (unpaired) electrons. The SMILES string of the molecule is CC(C)(C)OC(=O)N[C@@H](CC(=O)N[C@H]1O[C@H](CO[C@@H]2O[C@H](CO[C@H]3O[C@H](CO)[C@@H](O)[C@H](O)[C@H]3O)[C@@H](O)[C@H](O)[C@H]2O)[C@@H](O)[C@H](OCc2ccccc2)[C@H]1OCc1ccccc1)C(=O)N1CCC[C@H]1C(=O)N=[N+]=[N-]. The molecule has 0 unspecified atom stereocenters. The summed E-state index contributed by atoms with van der Waals surface area (Å²) in [5, 5.41) is 93.4. The van der Waals surface area contributed by atoms with Crippen LogP contribution in [0.15, 0.2) is 65.8 Å². The normalized spacial score (nSPS) is 33.3. The Balaban J connectivity index is 1.25. The first-order valence-electron chi connectivity index (χ1n) is 23.4. The highest BCUT2D eigenvalue weighted by atomic mass is 16.7. The number of carbonyl (C=O) groups is 4. The van der Waals surface area contributed by atoms with E-state index in [9.17, 15) is 60.0 Å². The van der Waals surface area contributed by atoms with E-state index in [0.29, 0.717) is 17.5 Å². The smallest absolute Gasteiger partial charge is 0.408 e. The second kappa shape index (κ2) is 25.8. The molecule has 0 aromatic heterocycles. The topological polar surface area (TPSA) is 380 Å². The molecule has 2 aromatic carbocycles. The van der Waals surface area contributed by atoms with Crippen molar-refractivity contribution in [1.82, 2.24) is 15.5 Å². The first kappa shape index (κ1) is 56.3. The zero-order valence-electron chi connectivity index (χ0n) is 39.7. The maximum atomic E-state index is 14.3. The van der Waals surface area contributed by atoms with Crippen molar-refractivity contribution in [2.45, 2.75) is 163 Å². The molecule has 0 spiro atoms. The van der Waals surface area contributed by atoms with Gasteiger partial charge in [-0.2, -0.15) is 0 Å². The van der Waals surface area contributed by atoms with Crippen molar-refractivity contribution in [2.24, 2.45) is 5.11 Å². The van der Waals surface area contributed by atoms with E-state index < -0.39 is 160 Å². The number of amides is 4. The van der Waals surface area contributed by atoms with Gasteiger partial charge in [-0.05, 0) is 55.4 Å². The maximum Gasteiger partial charge on any atom is 0.408 e. The Morgan fingerprint density at radius 1 is 0.736 bits per heavy atom. The molecule has 2 aromatic rings. The first-order valence-corrected chi connectivity index (χ1v) is 23.4. The molecule has 0 bridgehead atoms. The number of aliphatic hydroxyl groups is 8. The average Bonchev–Trinajstić information content (AvgIpc) is 3.85. The Bertz CT molecular complexity index is 2140. The third-order valence-electron chi connectivity index (χ3n) is 12.2. The van der Waals surface area contributed by atoms with Crippen LogP contribution in [0, 0.1) is 0 Å². The van der Waals surface area contributed by atoms with Crippen LogP contribution in [-0.4, -0.2) is 206 Å². The molecule has 26 heteroatoms. The third kappa shape index (κ3) is 14.6. The summed E-state index contributed by atoms with van der Waals surface area (Å²) >= 11 is 0. The summed E-state index contributed by atoms with van der Waals surface area (Å²) in [7, 11) is 0. The van der Waals surface area contributed by atoms with Gasteiger partial charge < -0.3 is 94.3 Å². The molecule has 17 atom stereocenters. The van der Waals surface area contributed by atoms with E-state index >= 15 is 0 Å². The lowest BCUT2D eigenvalue weighted by atomic mass is 9.96. The van der Waals surface area contributed by atoms with Crippen LogP contribution >= 0.6 is 0 Å². The molecule has 10 N–H and O–H groups in total. The molecular formula is C46H64N6O20. The van der Waals surface area contributed by atoms with Gasteiger partial charge in [-0.3, -0.25) is 14.4 Å². The van der Waals surface area contributed by atoms with Crippen LogP contribution in [0.4, 0.5) is 4.79 Å². The van der Waals surface area contributed by atoms with Crippen molar-refractivity contribution in [2.75, 3.05) is 26.4 Å². The lowest BCUT2D eigenvalue weighted by molar-refractivity contribution is -0.337. The van der Waals surface area contributed by atoms with Crippen LogP contribution in [-0.2, 0) is 65.5 Å². The lowest BCUT2D eigenvalue weighted by Crippen LogP contribution is -2.65. The van der Waals surface area contributed by atoms with E-state index in [-0.39, 0.29) is 26.2 Å². The highest BCUT2D eigenvalue weighted by Crippen LogP contribution is 2.31. The molecule has 4 aliphatic heterocycles. The predicted molar refractivity (Wildman–Crippen MR) is 242 cm³/mol. The zero-order chi connectivity index (χ0) is 52.3. The summed E-state index contributed by atoms with van der Waals surface area (Å²) in [5.41, 5.74) is 9.26. The summed E-state index contributed by atoms with van der Waals surface area (Å²) < 4.78 is 46.9. The Hall–Kier alpha value is -4.97. The molecule has 4 fully saturated rings. The standard InChI is InChI=1S/C46H64N6O20/c1-46(2,3)72-45(64)48-25(42(63)52-16-10-15-26(52)40(62)50-51-47)17-30(54)49-41-39(66-20-24-13-8-5-9-14-24)38(65-19-23-11-6-4-7-12-23)33(57)29(69-41)22-68-44-37(61)35(59)32(56)28(71-44)21-67-43-36(60)34(58)31(55)27(18-53)70-43/h4-9,11-14,25-29,31-39,41,43-44,53,55-61H,10,15-22H2,1-3H3,(H,48,64)(H,49,54)/t25-,26-,27+,28+,29+,31+,32+,33+,34-,35-,36+,37+,38-,39+,41-,43-,44+/m0/s1. The molecule has 4 amide bonds. The van der Waals surface area contributed by atoms with Gasteiger partial charge in [0.1, 0.15) is 84.9 Å². The summed E-state index contributed by atoms with van der Waals surface area (Å²) in [5.74, 6) is -2.70. The van der Waals surface area contributed by atoms with E-state index in [1.54, 1.807) is 81.4 Å². The van der Waals surface area contributed by atoms with Gasteiger partial charge in [0.2, 0.25) is 17.7 Å². The second-order valence-electron chi connectivity index (χ2n) is 18.7. The van der Waals surface area contributed by atoms with Crippen LogP contribution in [0.5, 0.6) is 0 Å². The number of ether oxygens (including phenoxy) is 8. The number of alkyl carbamates (subject to hydrolysis) is 1. The fraction of sp³-hybridized carbons (Fsp3) is 0.652. The fourth-order valence-electron chi connectivity index (χ4n) is 8.51. The van der Waals surface area contributed by atoms with Gasteiger partial charge in [-0.1, -0.05) is 60.7 Å². The van der Waals surface area contributed by atoms with Gasteiger partial charge in [0.05, 0.1) is 45.5 Å². The number of carbonyl (C=O) groups excluding carboxylic acids is 4. The summed E-state index contributed by atoms with van der Waals surface area (Å²) in [6, 6.07) is 14.9. The first-order chi connectivity index (χ1) is 34.3. The van der Waals surface area contributed by atoms with Gasteiger partial charge in [0, 0.05) is 11.5 Å². The summed E-state index contributed by atoms with van der Waals surface area (Å²) in [6.07, 6.45) is -25.8. The van der Waals surface area contributed by atoms with Crippen molar-refractivity contribution in [3.8, 4) is 0 Å². The number of nitrogens with one attached hydrogen (secondary N) is 2. The minimum atomic E-state index is -1.92. The molecule has 4 heterocycles. The van der Waals surface area contributed by atoms with Crippen molar-refractivity contribution < 1.29 is 97.9 Å². The highest BCUT2D eigenvalue weighted by Gasteiger charge is 2.51. The molecule has 26 nitrogen and oxygen atoms in total. The predicted octanol–water partition coefficient (Wildman–Crippen LogP) is -1.89. The average molecular weight is 1020 g/mol. The van der Waals surface area contributed by atoms with E-state index in [4.69, 9.17) is 43.4 Å². The third-order valence-corrected chi connectivity index (χ3v) is 12.2. The van der Waals surface area contributed by atoms with Crippen molar-refractivity contribution in [3.05, 3.63) is 82.2 Å². The van der Waals surface area contributed by atoms with Crippen molar-refractivity contribution in [1.29, 1.82) is 0 Å². The van der Waals surface area contributed by atoms with Crippen molar-refractivity contribution in [3.63, 3.8) is 0 Å². The minimum Gasteiger partial charge on any atom is -0.444 e. The molecule has 398 valence electrons. The Morgan fingerprint density at radius 3 is 1.81 bits per heavy atom. The van der Waals surface area contributed by atoms with E-state index in [2.05, 4.69) is 20.7 Å². The highest BCUT2D eigenvalue weighted by molar-refractivity contribution is 5.94. The molecule has 72 heavy (non-hydrogen) atoms. The van der Waals surface area contributed by atoms with E-state index in [0.717, 1.165) is 4.90 Å². The number of azide groups is 1. The number of hydrogen-bond acceptors (Lipinski definition) is 20. The van der Waals surface area contributed by atoms with Crippen LogP contribution in [0.25, 0.3) is 10.4 Å². The molecule has 4 saturated heterocycles. The Kier molecular flexibility index (Phi) is 20.2. The largest absolute Gasteiger partial charge is 0.444 e. The van der Waals surface area contributed by atoms with Crippen LogP contribution < -0.4 is 10.6 Å². The van der Waals surface area contributed by atoms with Crippen LogP contribution in [0.1, 0.15) is 51.2 Å². The number of likely N-dealkylation sites (tertiary alicyclic amines) is 1. The van der Waals surface area contributed by atoms with E-state index in [1.807, 2.05) is 0 Å². The van der Waals surface area contributed by atoms with Gasteiger partial charge >= 0.3 is 6.09 Å². The second-order valence-corrected chi connectivity index (χ2v) is 18.7. The molecule has 0 aliphatic carbocycles. The number of aliphatic hydroxyl groups excluding tert-OH is 8. The summed E-state index contributed by atoms with van der Waals surface area (Å²) in [6.45, 7) is 2.53. The molecule has 6 rings (SSSR count). The monoisotopic (exact) mass is 1020 g/mol. The van der Waals surface area contributed by atoms with Gasteiger partial charge in [-0.15, -0.1) is 0 Å². The Labute approximate surface area is 413 Å². The van der Waals surface area contributed by atoms with E-state index in [1.165, 1.54) is 0 Å². The fourth-order valence-corrected chi connectivity index (χ4v) is 8.51. The van der Waals surface area contributed by atoms with Gasteiger partial charge in [0.25, 0.3) is 0 Å². The minimum absolute atomic E-state index is 0.0346. The number of benzene rings is 2. The Morgan fingerprint density at radius 2 is 1.26 bits per heavy atom. The number of rotatable bonds is 19. The lowest BCUT2D eigenvalue weighted by Gasteiger charge is -2.46. The molecule has 0 saturated carbocycles. The van der Waals surface area contributed by atoms with Crippen LogP contribution in [0.2, 0.25) is 0 Å². The number of nitrogens with zero attached hydrogens (tertiary/aromatic N) is 4. The van der Waals surface area contributed by atoms with Crippen molar-refractivity contribution >= 4 is 23.8 Å². The quantitative estimate of drug-likeness (QED) is 0.0418. The van der Waals surface area contributed by atoms with Crippen LogP contribution in [0.3, 0.4) is 0 Å². The number of hydrogen-bond donors (Lipinski definition) is 10. The zero-order valence-corrected chi connectivity index (χ0v) is 39.7. The van der Waals surface area contributed by atoms with Gasteiger partial charge in [0.15, 0.2) is 18.8 Å². The summed E-state index contributed by atoms with van der Waals surface area (Å²) in [4.78, 5) is 57.9. The maximum absolute atomic E-state index is 14.3. The molecular weight excluding hydrogens is 957 g/mol. The molecule has 4 aliphatic rings.